The van der Waals surface area contributed by atoms with Crippen molar-refractivity contribution < 1.29 is 0 Å². The second kappa shape index (κ2) is 7.31. The Morgan fingerprint density at radius 1 is 1.56 bits per heavy atom. The van der Waals surface area contributed by atoms with Crippen molar-refractivity contribution in [2.75, 3.05) is 25.9 Å². The molecular weight excluding hydrogens is 246 g/mol. The van der Waals surface area contributed by atoms with Crippen molar-refractivity contribution in [2.45, 2.75) is 24.6 Å². The van der Waals surface area contributed by atoms with Gasteiger partial charge in [-0.1, -0.05) is 0 Å². The van der Waals surface area contributed by atoms with E-state index in [2.05, 4.69) is 32.5 Å². The summed E-state index contributed by atoms with van der Waals surface area (Å²) in [5.74, 6) is 2.19. The fourth-order valence-corrected chi connectivity index (χ4v) is 3.16. The van der Waals surface area contributed by atoms with Crippen LogP contribution in [0.25, 0.3) is 0 Å². The summed E-state index contributed by atoms with van der Waals surface area (Å²) < 4.78 is 1.91. The van der Waals surface area contributed by atoms with Gasteiger partial charge in [-0.3, -0.25) is 9.67 Å². The van der Waals surface area contributed by atoms with Crippen LogP contribution in [-0.4, -0.2) is 46.9 Å². The zero-order valence-electron chi connectivity index (χ0n) is 10.8. The molecule has 1 unspecified atom stereocenters. The molecule has 5 nitrogen and oxygen atoms in total. The Bertz CT molecular complexity index is 357. The number of nitrogens with one attached hydrogen (secondary N) is 2. The molecule has 0 radical (unpaired) electrons. The highest BCUT2D eigenvalue weighted by Gasteiger charge is 2.15. The van der Waals surface area contributed by atoms with Crippen LogP contribution in [0.5, 0.6) is 0 Å². The first-order valence-corrected chi connectivity index (χ1v) is 7.47. The molecule has 18 heavy (non-hydrogen) atoms. The summed E-state index contributed by atoms with van der Waals surface area (Å²) in [6.45, 7) is 2.69. The Morgan fingerprint density at radius 2 is 2.50 bits per heavy atom. The third-order valence-corrected chi connectivity index (χ3v) is 4.34. The molecule has 0 amide bonds. The second-order valence-corrected chi connectivity index (χ2v) is 5.69. The highest BCUT2D eigenvalue weighted by molar-refractivity contribution is 8.00. The van der Waals surface area contributed by atoms with Gasteiger partial charge in [0.05, 0.1) is 6.54 Å². The normalized spacial score (nSPS) is 20.1. The number of rotatable bonds is 5. The van der Waals surface area contributed by atoms with E-state index < -0.39 is 0 Å². The van der Waals surface area contributed by atoms with E-state index in [-0.39, 0.29) is 0 Å². The quantitative estimate of drug-likeness (QED) is 0.616. The average Bonchev–Trinajstić information content (AvgIpc) is 3.06. The summed E-state index contributed by atoms with van der Waals surface area (Å²) in [4.78, 5) is 4.22. The molecule has 6 heteroatoms. The molecule has 2 rings (SSSR count). The van der Waals surface area contributed by atoms with E-state index in [9.17, 15) is 0 Å². The van der Waals surface area contributed by atoms with Crippen molar-refractivity contribution in [1.82, 2.24) is 20.4 Å². The molecule has 1 aliphatic rings. The Morgan fingerprint density at radius 3 is 3.17 bits per heavy atom. The molecule has 0 aliphatic carbocycles. The summed E-state index contributed by atoms with van der Waals surface area (Å²) in [6.07, 6.45) is 6.43. The lowest BCUT2D eigenvalue weighted by Gasteiger charge is -2.14. The van der Waals surface area contributed by atoms with Crippen molar-refractivity contribution >= 4 is 17.7 Å². The van der Waals surface area contributed by atoms with E-state index in [4.69, 9.17) is 0 Å². The minimum atomic E-state index is 0.745. The first-order chi connectivity index (χ1) is 8.88. The predicted molar refractivity (Wildman–Crippen MR) is 77.1 cm³/mol. The Balaban J connectivity index is 1.62. The maximum Gasteiger partial charge on any atom is 0.191 e. The zero-order chi connectivity index (χ0) is 12.6. The van der Waals surface area contributed by atoms with Gasteiger partial charge in [0.15, 0.2) is 5.96 Å². The molecule has 1 aliphatic heterocycles. The summed E-state index contributed by atoms with van der Waals surface area (Å²) in [5.41, 5.74) is 0. The van der Waals surface area contributed by atoms with Crippen LogP contribution in [0.15, 0.2) is 23.5 Å². The monoisotopic (exact) mass is 267 g/mol. The van der Waals surface area contributed by atoms with Crippen molar-refractivity contribution in [3.63, 3.8) is 0 Å². The van der Waals surface area contributed by atoms with Gasteiger partial charge in [0.25, 0.3) is 0 Å². The fourth-order valence-electron chi connectivity index (χ4n) is 1.96. The maximum atomic E-state index is 4.22. The van der Waals surface area contributed by atoms with Crippen molar-refractivity contribution in [3.8, 4) is 0 Å². The second-order valence-electron chi connectivity index (χ2n) is 4.28. The maximum absolute atomic E-state index is 4.22. The highest BCUT2D eigenvalue weighted by Crippen LogP contribution is 2.25. The van der Waals surface area contributed by atoms with Crippen LogP contribution >= 0.6 is 11.8 Å². The van der Waals surface area contributed by atoms with E-state index in [1.165, 1.54) is 18.6 Å². The number of thioether (sulfide) groups is 1. The SMILES string of the molecule is CN=C(NCCn1cccn1)NCC1CCCS1. The van der Waals surface area contributed by atoms with Crippen LogP contribution in [-0.2, 0) is 6.54 Å². The van der Waals surface area contributed by atoms with E-state index >= 15 is 0 Å². The Hall–Kier alpha value is -1.17. The minimum absolute atomic E-state index is 0.745. The summed E-state index contributed by atoms with van der Waals surface area (Å²) in [6, 6.07) is 1.93. The van der Waals surface area contributed by atoms with Crippen LogP contribution < -0.4 is 10.6 Å². The third kappa shape index (κ3) is 4.25. The number of hydrogen-bond donors (Lipinski definition) is 2. The van der Waals surface area contributed by atoms with Crippen molar-refractivity contribution in [2.24, 2.45) is 4.99 Å². The van der Waals surface area contributed by atoms with Crippen LogP contribution in [0, 0.1) is 0 Å². The van der Waals surface area contributed by atoms with E-state index in [0.717, 1.165) is 30.8 Å². The van der Waals surface area contributed by atoms with Gasteiger partial charge in [-0.25, -0.2) is 0 Å². The summed E-state index contributed by atoms with van der Waals surface area (Å²) in [7, 11) is 1.81. The van der Waals surface area contributed by atoms with Crippen molar-refractivity contribution in [3.05, 3.63) is 18.5 Å². The van der Waals surface area contributed by atoms with E-state index in [1.54, 1.807) is 6.20 Å². The lowest BCUT2D eigenvalue weighted by atomic mass is 10.2. The van der Waals surface area contributed by atoms with Gasteiger partial charge < -0.3 is 10.6 Å². The summed E-state index contributed by atoms with van der Waals surface area (Å²) in [5, 5.41) is 11.6. The molecular formula is C12H21N5S. The van der Waals surface area contributed by atoms with Crippen LogP contribution in [0.2, 0.25) is 0 Å². The molecule has 1 saturated heterocycles. The number of nitrogens with zero attached hydrogens (tertiary/aromatic N) is 3. The minimum Gasteiger partial charge on any atom is -0.355 e. The first-order valence-electron chi connectivity index (χ1n) is 6.42. The molecule has 0 spiro atoms. The lowest BCUT2D eigenvalue weighted by molar-refractivity contribution is 0.597. The number of aromatic nitrogens is 2. The Labute approximate surface area is 112 Å². The smallest absolute Gasteiger partial charge is 0.191 e. The molecule has 2 heterocycles. The van der Waals surface area contributed by atoms with Crippen LogP contribution in [0.4, 0.5) is 0 Å². The van der Waals surface area contributed by atoms with E-state index in [1.807, 2.05) is 24.0 Å². The van der Waals surface area contributed by atoms with Crippen molar-refractivity contribution in [1.29, 1.82) is 0 Å². The van der Waals surface area contributed by atoms with E-state index in [0.29, 0.717) is 0 Å². The van der Waals surface area contributed by atoms with Gasteiger partial charge in [-0.2, -0.15) is 16.9 Å². The number of hydrogen-bond acceptors (Lipinski definition) is 3. The van der Waals surface area contributed by atoms with Gasteiger partial charge >= 0.3 is 0 Å². The molecule has 2 N–H and O–H groups in total. The average molecular weight is 267 g/mol. The zero-order valence-corrected chi connectivity index (χ0v) is 11.6. The molecule has 0 aromatic carbocycles. The standard InChI is InChI=1S/C12H21N5S/c1-13-12(15-10-11-4-2-9-18-11)14-6-8-17-7-3-5-16-17/h3,5,7,11H,2,4,6,8-10H2,1H3,(H2,13,14,15). The van der Waals surface area contributed by atoms with Gasteiger partial charge in [0.2, 0.25) is 0 Å². The molecule has 1 aromatic heterocycles. The molecule has 100 valence electrons. The largest absolute Gasteiger partial charge is 0.355 e. The number of guanidine groups is 1. The predicted octanol–water partition coefficient (Wildman–Crippen LogP) is 0.944. The molecule has 1 aromatic rings. The number of aliphatic imine (C=N–C) groups is 1. The first kappa shape index (κ1) is 13.3. The molecule has 1 atom stereocenters. The highest BCUT2D eigenvalue weighted by atomic mass is 32.2. The lowest BCUT2D eigenvalue weighted by Crippen LogP contribution is -2.41. The van der Waals surface area contributed by atoms with Gasteiger partial charge in [-0.15, -0.1) is 0 Å². The van der Waals surface area contributed by atoms with Crippen LogP contribution in [0.1, 0.15) is 12.8 Å². The Kier molecular flexibility index (Phi) is 5.38. The molecule has 1 fully saturated rings. The third-order valence-electron chi connectivity index (χ3n) is 2.94. The van der Waals surface area contributed by atoms with Gasteiger partial charge in [0.1, 0.15) is 0 Å². The summed E-state index contributed by atoms with van der Waals surface area (Å²) >= 11 is 2.06. The molecule has 0 saturated carbocycles. The molecule has 0 bridgehead atoms. The van der Waals surface area contributed by atoms with Gasteiger partial charge in [-0.05, 0) is 24.7 Å². The fraction of sp³-hybridized carbons (Fsp3) is 0.667. The van der Waals surface area contributed by atoms with Gasteiger partial charge in [0, 0.05) is 37.8 Å². The van der Waals surface area contributed by atoms with Crippen LogP contribution in [0.3, 0.4) is 0 Å². The topological polar surface area (TPSA) is 54.2 Å².